The molecule has 0 radical (unpaired) electrons. The van der Waals surface area contributed by atoms with Crippen LogP contribution in [0.2, 0.25) is 0 Å². The van der Waals surface area contributed by atoms with Crippen molar-refractivity contribution in [2.45, 2.75) is 39.2 Å². The summed E-state index contributed by atoms with van der Waals surface area (Å²) >= 11 is 0. The van der Waals surface area contributed by atoms with Crippen LogP contribution in [-0.2, 0) is 0 Å². The molecule has 2 unspecified atom stereocenters. The highest BCUT2D eigenvalue weighted by molar-refractivity contribution is 5.57. The number of hydrogen-bond acceptors (Lipinski definition) is 3. The van der Waals surface area contributed by atoms with Gasteiger partial charge >= 0.3 is 0 Å². The van der Waals surface area contributed by atoms with E-state index < -0.39 is 0 Å². The van der Waals surface area contributed by atoms with E-state index in [0.717, 1.165) is 12.2 Å². The Morgan fingerprint density at radius 1 is 1.48 bits per heavy atom. The number of benzene rings is 1. The second-order valence-corrected chi connectivity index (χ2v) is 5.98. The van der Waals surface area contributed by atoms with Crippen molar-refractivity contribution in [1.82, 2.24) is 4.90 Å². The van der Waals surface area contributed by atoms with Gasteiger partial charge < -0.3 is 15.0 Å². The van der Waals surface area contributed by atoms with Gasteiger partial charge in [-0.2, -0.15) is 0 Å². The van der Waals surface area contributed by atoms with Gasteiger partial charge in [0.2, 0.25) is 0 Å². The fourth-order valence-corrected chi connectivity index (χ4v) is 3.17. The third-order valence-electron chi connectivity index (χ3n) is 4.34. The lowest BCUT2D eigenvalue weighted by Crippen LogP contribution is -2.42. The van der Waals surface area contributed by atoms with Gasteiger partial charge in [-0.15, -0.1) is 0 Å². The van der Waals surface area contributed by atoms with Crippen LogP contribution in [0.5, 0.6) is 5.75 Å². The maximum atomic E-state index is 13.2. The monoisotopic (exact) mass is 294 g/mol. The van der Waals surface area contributed by atoms with Gasteiger partial charge in [-0.05, 0) is 57.3 Å². The zero-order valence-electron chi connectivity index (χ0n) is 13.4. The van der Waals surface area contributed by atoms with E-state index in [0.29, 0.717) is 17.7 Å². The summed E-state index contributed by atoms with van der Waals surface area (Å²) in [4.78, 5) is 2.55. The molecule has 0 bridgehead atoms. The van der Waals surface area contributed by atoms with Crippen LogP contribution < -0.4 is 10.1 Å². The van der Waals surface area contributed by atoms with Crippen LogP contribution in [-0.4, -0.2) is 37.7 Å². The zero-order valence-corrected chi connectivity index (χ0v) is 13.4. The van der Waals surface area contributed by atoms with Crippen molar-refractivity contribution in [3.05, 3.63) is 24.0 Å². The van der Waals surface area contributed by atoms with Crippen LogP contribution in [0.3, 0.4) is 0 Å². The maximum Gasteiger partial charge on any atom is 0.144 e. The molecule has 118 valence electrons. The Morgan fingerprint density at radius 2 is 2.29 bits per heavy atom. The fraction of sp³-hybridized carbons (Fsp3) is 0.647. The third-order valence-corrected chi connectivity index (χ3v) is 4.34. The van der Waals surface area contributed by atoms with E-state index in [9.17, 15) is 4.39 Å². The second-order valence-electron chi connectivity index (χ2n) is 5.98. The summed E-state index contributed by atoms with van der Waals surface area (Å²) in [6.45, 7) is 7.99. The van der Waals surface area contributed by atoms with Crippen molar-refractivity contribution in [3.8, 4) is 5.75 Å². The van der Waals surface area contributed by atoms with Gasteiger partial charge in [-0.1, -0.05) is 6.92 Å². The minimum Gasteiger partial charge on any atom is -0.494 e. The fourth-order valence-electron chi connectivity index (χ4n) is 3.17. The number of rotatable bonds is 6. The Morgan fingerprint density at radius 3 is 3.00 bits per heavy atom. The predicted molar refractivity (Wildman–Crippen MR) is 85.5 cm³/mol. The van der Waals surface area contributed by atoms with E-state index in [4.69, 9.17) is 4.74 Å². The normalized spacial score (nSPS) is 21.0. The van der Waals surface area contributed by atoms with E-state index in [2.05, 4.69) is 24.1 Å². The van der Waals surface area contributed by atoms with Crippen LogP contribution in [0.1, 0.15) is 33.1 Å². The van der Waals surface area contributed by atoms with Gasteiger partial charge in [0.05, 0.1) is 12.8 Å². The first-order valence-electron chi connectivity index (χ1n) is 7.96. The summed E-state index contributed by atoms with van der Waals surface area (Å²) in [7, 11) is 1.58. The number of piperidine rings is 1. The van der Waals surface area contributed by atoms with Gasteiger partial charge in [0.1, 0.15) is 11.6 Å². The topological polar surface area (TPSA) is 24.5 Å². The molecule has 4 heteroatoms. The van der Waals surface area contributed by atoms with Crippen LogP contribution in [0, 0.1) is 11.7 Å². The molecule has 1 aliphatic rings. The number of halogens is 1. The van der Waals surface area contributed by atoms with E-state index in [1.165, 1.54) is 44.5 Å². The van der Waals surface area contributed by atoms with Crippen molar-refractivity contribution in [1.29, 1.82) is 0 Å². The van der Waals surface area contributed by atoms with E-state index in [1.54, 1.807) is 13.2 Å². The van der Waals surface area contributed by atoms with E-state index >= 15 is 0 Å². The Kier molecular flexibility index (Phi) is 5.85. The highest BCUT2D eigenvalue weighted by atomic mass is 19.1. The van der Waals surface area contributed by atoms with Crippen LogP contribution >= 0.6 is 0 Å². The van der Waals surface area contributed by atoms with E-state index in [1.807, 2.05) is 0 Å². The number of ether oxygens (including phenoxy) is 1. The highest BCUT2D eigenvalue weighted by Gasteiger charge is 2.24. The summed E-state index contributed by atoms with van der Waals surface area (Å²) < 4.78 is 18.5. The molecular formula is C17H27FN2O. The molecule has 0 aromatic heterocycles. The molecule has 2 rings (SSSR count). The van der Waals surface area contributed by atoms with Crippen LogP contribution in [0.15, 0.2) is 18.2 Å². The number of methoxy groups -OCH3 is 1. The molecule has 21 heavy (non-hydrogen) atoms. The molecule has 0 spiro atoms. The number of nitrogens with zero attached hydrogens (tertiary/aromatic N) is 1. The summed E-state index contributed by atoms with van der Waals surface area (Å²) in [5.74, 6) is 0.931. The molecule has 1 aromatic carbocycles. The molecule has 1 saturated heterocycles. The SMILES string of the molecule is CCCN1CCCC(C(C)Nc2ccc(F)cc2OC)C1. The minimum atomic E-state index is -0.267. The van der Waals surface area contributed by atoms with Crippen LogP contribution in [0.4, 0.5) is 10.1 Å². The average molecular weight is 294 g/mol. The molecule has 0 aliphatic carbocycles. The Hall–Kier alpha value is -1.29. The van der Waals surface area contributed by atoms with Crippen molar-refractivity contribution < 1.29 is 9.13 Å². The first-order chi connectivity index (χ1) is 10.1. The van der Waals surface area contributed by atoms with Gasteiger partial charge in [-0.25, -0.2) is 4.39 Å². The lowest BCUT2D eigenvalue weighted by molar-refractivity contribution is 0.165. The molecule has 3 nitrogen and oxygen atoms in total. The molecule has 1 aliphatic heterocycles. The Bertz CT molecular complexity index is 450. The first-order valence-corrected chi connectivity index (χ1v) is 7.96. The average Bonchev–Trinajstić information content (AvgIpc) is 2.49. The molecule has 0 saturated carbocycles. The molecule has 1 N–H and O–H groups in total. The van der Waals surface area contributed by atoms with Gasteiger partial charge in [0, 0.05) is 18.7 Å². The number of likely N-dealkylation sites (tertiary alicyclic amines) is 1. The van der Waals surface area contributed by atoms with Crippen molar-refractivity contribution in [2.24, 2.45) is 5.92 Å². The number of anilines is 1. The Balaban J connectivity index is 1.99. The Labute approximate surface area is 127 Å². The predicted octanol–water partition coefficient (Wildman–Crippen LogP) is 3.76. The largest absolute Gasteiger partial charge is 0.494 e. The van der Waals surface area contributed by atoms with Crippen molar-refractivity contribution >= 4 is 5.69 Å². The lowest BCUT2D eigenvalue weighted by atomic mass is 9.91. The summed E-state index contributed by atoms with van der Waals surface area (Å²) in [5, 5.41) is 3.50. The molecule has 2 atom stereocenters. The standard InChI is InChI=1S/C17H27FN2O/c1-4-9-20-10-5-6-14(12-20)13(2)19-16-8-7-15(18)11-17(16)21-3/h7-8,11,13-14,19H,4-6,9-10,12H2,1-3H3. The number of nitrogens with one attached hydrogen (secondary N) is 1. The zero-order chi connectivity index (χ0) is 15.2. The maximum absolute atomic E-state index is 13.2. The van der Waals surface area contributed by atoms with Gasteiger partial charge in [0.25, 0.3) is 0 Å². The summed E-state index contributed by atoms with van der Waals surface area (Å²) in [5.41, 5.74) is 0.874. The second kappa shape index (κ2) is 7.64. The molecular weight excluding hydrogens is 267 g/mol. The van der Waals surface area contributed by atoms with Crippen molar-refractivity contribution in [3.63, 3.8) is 0 Å². The molecule has 0 amide bonds. The van der Waals surface area contributed by atoms with Gasteiger partial charge in [0.15, 0.2) is 0 Å². The first kappa shape index (κ1) is 16.1. The van der Waals surface area contributed by atoms with Crippen molar-refractivity contribution in [2.75, 3.05) is 32.1 Å². The summed E-state index contributed by atoms with van der Waals surface area (Å²) in [6, 6.07) is 5.02. The van der Waals surface area contributed by atoms with Crippen LogP contribution in [0.25, 0.3) is 0 Å². The smallest absolute Gasteiger partial charge is 0.144 e. The summed E-state index contributed by atoms with van der Waals surface area (Å²) in [6.07, 6.45) is 3.72. The molecule has 1 aromatic rings. The van der Waals surface area contributed by atoms with E-state index in [-0.39, 0.29) is 5.82 Å². The highest BCUT2D eigenvalue weighted by Crippen LogP contribution is 2.28. The minimum absolute atomic E-state index is 0.267. The lowest BCUT2D eigenvalue weighted by Gasteiger charge is -2.36. The third kappa shape index (κ3) is 4.34. The quantitative estimate of drug-likeness (QED) is 0.864. The number of hydrogen-bond donors (Lipinski definition) is 1. The van der Waals surface area contributed by atoms with Gasteiger partial charge in [-0.3, -0.25) is 0 Å². The molecule has 1 fully saturated rings. The molecule has 1 heterocycles.